The van der Waals surface area contributed by atoms with E-state index in [0.29, 0.717) is 4.78 Å². The lowest BCUT2D eigenvalue weighted by molar-refractivity contribution is 0.427. The Hall–Kier alpha value is -2.08. The van der Waals surface area contributed by atoms with Crippen LogP contribution in [0, 0.1) is 0 Å². The third-order valence-electron chi connectivity index (χ3n) is 5.16. The molecular formula is C19H16BNO2S. The van der Waals surface area contributed by atoms with E-state index in [1.807, 2.05) is 6.07 Å². The van der Waals surface area contributed by atoms with E-state index < -0.39 is 7.12 Å². The lowest BCUT2D eigenvalue weighted by atomic mass is 9.79. The fourth-order valence-corrected chi connectivity index (χ4v) is 5.17. The summed E-state index contributed by atoms with van der Waals surface area (Å²) in [6.07, 6.45) is 0. The fourth-order valence-electron chi connectivity index (χ4n) is 4.04. The molecule has 2 N–H and O–H groups in total. The summed E-state index contributed by atoms with van der Waals surface area (Å²) < 4.78 is 2.87. The van der Waals surface area contributed by atoms with Gasteiger partial charge in [0.05, 0.1) is 16.7 Å². The first-order chi connectivity index (χ1) is 11.5. The Morgan fingerprint density at radius 3 is 2.54 bits per heavy atom. The van der Waals surface area contributed by atoms with Gasteiger partial charge in [0.1, 0.15) is 0 Å². The van der Waals surface area contributed by atoms with Gasteiger partial charge in [-0.3, -0.25) is 0 Å². The first kappa shape index (κ1) is 14.3. The molecule has 0 radical (unpaired) electrons. The summed E-state index contributed by atoms with van der Waals surface area (Å²) in [6.45, 7) is 4.43. The smallest absolute Gasteiger partial charge is 0.423 e. The number of hydrogen-bond donors (Lipinski definition) is 2. The lowest BCUT2D eigenvalue weighted by Crippen LogP contribution is -2.26. The van der Waals surface area contributed by atoms with E-state index in [-0.39, 0.29) is 5.41 Å². The van der Waals surface area contributed by atoms with Crippen molar-refractivity contribution in [1.29, 1.82) is 0 Å². The summed E-state index contributed by atoms with van der Waals surface area (Å²) >= 11 is 1.49. The molecule has 5 rings (SSSR count). The van der Waals surface area contributed by atoms with Gasteiger partial charge in [-0.05, 0) is 17.7 Å². The highest BCUT2D eigenvalue weighted by Crippen LogP contribution is 2.48. The van der Waals surface area contributed by atoms with E-state index in [1.54, 1.807) is 0 Å². The van der Waals surface area contributed by atoms with Crippen LogP contribution in [0.3, 0.4) is 0 Å². The van der Waals surface area contributed by atoms with Crippen LogP contribution in [0.1, 0.15) is 24.3 Å². The van der Waals surface area contributed by atoms with Crippen LogP contribution in [0.25, 0.3) is 27.5 Å². The second-order valence-corrected chi connectivity index (χ2v) is 8.00. The number of aromatic nitrogens is 1. The number of para-hydroxylation sites is 2. The van der Waals surface area contributed by atoms with E-state index in [9.17, 15) is 10.0 Å². The summed E-state index contributed by atoms with van der Waals surface area (Å²) in [5.74, 6) is 0. The number of hydrogen-bond acceptors (Lipinski definition) is 3. The minimum absolute atomic E-state index is 0.170. The molecule has 3 nitrogen and oxygen atoms in total. The molecule has 5 heteroatoms. The van der Waals surface area contributed by atoms with Gasteiger partial charge in [-0.15, -0.1) is 11.3 Å². The Balaban J connectivity index is 2.05. The van der Waals surface area contributed by atoms with Crippen LogP contribution in [-0.2, 0) is 5.41 Å². The van der Waals surface area contributed by atoms with Gasteiger partial charge in [-0.2, -0.15) is 0 Å². The Morgan fingerprint density at radius 2 is 1.75 bits per heavy atom. The predicted molar refractivity (Wildman–Crippen MR) is 101 cm³/mol. The first-order valence-electron chi connectivity index (χ1n) is 8.03. The van der Waals surface area contributed by atoms with E-state index in [2.05, 4.69) is 60.9 Å². The zero-order valence-electron chi connectivity index (χ0n) is 13.4. The number of rotatable bonds is 1. The van der Waals surface area contributed by atoms with Gasteiger partial charge < -0.3 is 14.6 Å². The van der Waals surface area contributed by atoms with Crippen LogP contribution >= 0.6 is 11.3 Å². The van der Waals surface area contributed by atoms with E-state index in [0.717, 1.165) is 11.2 Å². The van der Waals surface area contributed by atoms with E-state index in [4.69, 9.17) is 0 Å². The molecule has 0 aliphatic carbocycles. The van der Waals surface area contributed by atoms with Crippen LogP contribution in [0.2, 0.25) is 0 Å². The predicted octanol–water partition coefficient (Wildman–Crippen LogP) is 3.16. The summed E-state index contributed by atoms with van der Waals surface area (Å²) in [7, 11) is -1.43. The maximum absolute atomic E-state index is 9.67. The quantitative estimate of drug-likeness (QED) is 0.526. The normalized spacial score (nSPS) is 15.0. The molecule has 0 atom stereocenters. The van der Waals surface area contributed by atoms with E-state index >= 15 is 0 Å². The summed E-state index contributed by atoms with van der Waals surface area (Å²) in [6, 6.07) is 16.8. The zero-order chi connectivity index (χ0) is 16.6. The van der Waals surface area contributed by atoms with Gasteiger partial charge in [0.25, 0.3) is 0 Å². The molecule has 0 bridgehead atoms. The molecule has 0 fully saturated rings. The molecule has 0 saturated heterocycles. The van der Waals surface area contributed by atoms with Crippen molar-refractivity contribution in [3.8, 4) is 5.69 Å². The monoisotopic (exact) mass is 333 g/mol. The molecule has 24 heavy (non-hydrogen) atoms. The standard InChI is InChI=1S/C19H16BNO2S/c1-19(2)13-8-5-7-12-11-6-3-4-9-14(11)21(17(12)13)15-10-16(20(22)23)24-18(15)19/h3-10,22-23H,1-2H3. The number of benzene rings is 2. The molecule has 4 aromatic rings. The van der Waals surface area contributed by atoms with Crippen LogP contribution in [0.5, 0.6) is 0 Å². The molecule has 1 aliphatic heterocycles. The SMILES string of the molecule is CC1(C)c2sc(B(O)O)cc2-n2c3ccccc3c3cccc1c32. The summed E-state index contributed by atoms with van der Waals surface area (Å²) in [5.41, 5.74) is 4.57. The van der Waals surface area contributed by atoms with Crippen LogP contribution in [-0.4, -0.2) is 21.7 Å². The largest absolute Gasteiger partial charge is 0.499 e. The third kappa shape index (κ3) is 1.59. The average Bonchev–Trinajstić information content (AvgIpc) is 3.14. The second-order valence-electron chi connectivity index (χ2n) is 6.92. The summed E-state index contributed by atoms with van der Waals surface area (Å²) in [5, 5.41) is 21.8. The fraction of sp³-hybridized carbons (Fsp3) is 0.158. The highest BCUT2D eigenvalue weighted by molar-refractivity contribution is 7.22. The number of thiophene rings is 1. The van der Waals surface area contributed by atoms with Crippen molar-refractivity contribution >= 4 is 45.0 Å². The Bertz CT molecular complexity index is 1120. The van der Waals surface area contributed by atoms with Crippen molar-refractivity contribution < 1.29 is 10.0 Å². The Kier molecular flexibility index (Phi) is 2.68. The van der Waals surface area contributed by atoms with Gasteiger partial charge in [0.15, 0.2) is 0 Å². The molecule has 0 saturated carbocycles. The summed E-state index contributed by atoms with van der Waals surface area (Å²) in [4.78, 5) is 1.17. The van der Waals surface area contributed by atoms with Crippen molar-refractivity contribution in [2.24, 2.45) is 0 Å². The molecule has 0 spiro atoms. The second kappa shape index (κ2) is 4.51. The van der Waals surface area contributed by atoms with Crippen molar-refractivity contribution in [2.75, 3.05) is 0 Å². The van der Waals surface area contributed by atoms with Crippen molar-refractivity contribution in [3.05, 3.63) is 59.0 Å². The van der Waals surface area contributed by atoms with Gasteiger partial charge in [0, 0.05) is 25.8 Å². The van der Waals surface area contributed by atoms with Crippen molar-refractivity contribution in [3.63, 3.8) is 0 Å². The third-order valence-corrected chi connectivity index (χ3v) is 6.65. The Morgan fingerprint density at radius 1 is 1.00 bits per heavy atom. The molecular weight excluding hydrogens is 317 g/mol. The van der Waals surface area contributed by atoms with Crippen molar-refractivity contribution in [2.45, 2.75) is 19.3 Å². The maximum Gasteiger partial charge on any atom is 0.499 e. The highest BCUT2D eigenvalue weighted by atomic mass is 32.1. The highest BCUT2D eigenvalue weighted by Gasteiger charge is 2.37. The molecule has 2 aromatic heterocycles. The molecule has 1 aliphatic rings. The maximum atomic E-state index is 9.67. The average molecular weight is 333 g/mol. The lowest BCUT2D eigenvalue weighted by Gasteiger charge is -2.32. The van der Waals surface area contributed by atoms with Crippen LogP contribution in [0.15, 0.2) is 48.5 Å². The minimum atomic E-state index is -1.43. The first-order valence-corrected chi connectivity index (χ1v) is 8.85. The molecule has 0 unspecified atom stereocenters. The Labute approximate surface area is 143 Å². The van der Waals surface area contributed by atoms with Crippen LogP contribution < -0.4 is 4.78 Å². The zero-order valence-corrected chi connectivity index (χ0v) is 14.3. The van der Waals surface area contributed by atoms with E-state index in [1.165, 1.54) is 38.1 Å². The van der Waals surface area contributed by atoms with Gasteiger partial charge >= 0.3 is 7.12 Å². The van der Waals surface area contributed by atoms with Gasteiger partial charge in [-0.25, -0.2) is 0 Å². The number of nitrogens with zero attached hydrogens (tertiary/aromatic N) is 1. The van der Waals surface area contributed by atoms with Gasteiger partial charge in [-0.1, -0.05) is 50.2 Å². The minimum Gasteiger partial charge on any atom is -0.423 e. The topological polar surface area (TPSA) is 45.4 Å². The number of fused-ring (bicyclic) bond motifs is 5. The van der Waals surface area contributed by atoms with Gasteiger partial charge in [0.2, 0.25) is 0 Å². The molecule has 0 amide bonds. The van der Waals surface area contributed by atoms with Crippen LogP contribution in [0.4, 0.5) is 0 Å². The van der Waals surface area contributed by atoms with Crippen molar-refractivity contribution in [1.82, 2.24) is 4.57 Å². The molecule has 118 valence electrons. The molecule has 3 heterocycles. The molecule has 2 aromatic carbocycles.